The molecule has 0 bridgehead atoms. The molecule has 2 nitrogen and oxygen atoms in total. The number of halogens is 3. The van der Waals surface area contributed by atoms with E-state index in [1.807, 2.05) is 13.0 Å². The quantitative estimate of drug-likeness (QED) is 0.289. The Labute approximate surface area is 226 Å². The van der Waals surface area contributed by atoms with Gasteiger partial charge in [0.2, 0.25) is 0 Å². The number of aryl methyl sites for hydroxylation is 1. The third-order valence-electron chi connectivity index (χ3n) is 9.07. The SMILES string of the molecule is CCCC1=C(c2ccc(C(=O)CC(CF)CF)cn2)CC(C2CCCC2)C(C)c2c1cc(CC)c(C)c2F. The highest BCUT2D eigenvalue weighted by Crippen LogP contribution is 2.51. The van der Waals surface area contributed by atoms with Crippen LogP contribution in [0.2, 0.25) is 0 Å². The molecule has 1 fully saturated rings. The average Bonchev–Trinajstić information content (AvgIpc) is 3.43. The van der Waals surface area contributed by atoms with E-state index in [0.717, 1.165) is 59.2 Å². The molecule has 0 N–H and O–H groups in total. The van der Waals surface area contributed by atoms with Gasteiger partial charge in [-0.25, -0.2) is 4.39 Å². The summed E-state index contributed by atoms with van der Waals surface area (Å²) in [6, 6.07) is 5.84. The van der Waals surface area contributed by atoms with Gasteiger partial charge >= 0.3 is 0 Å². The standard InChI is InChI=1S/C33H42F3NO/c1-5-9-26-28(30-13-12-25(19-37-30)31(38)14-22(17-34)18-35)16-27(24-10-7-8-11-24)21(4)32-29(26)15-23(6-2)20(3)33(32)36/h12-13,15,19,21-22,24,27H,5-11,14,16-18H2,1-4H3. The van der Waals surface area contributed by atoms with Gasteiger partial charge in [0, 0.05) is 24.1 Å². The molecule has 1 aromatic carbocycles. The van der Waals surface area contributed by atoms with Crippen LogP contribution in [0.3, 0.4) is 0 Å². The number of fused-ring (bicyclic) bond motifs is 1. The number of carbonyl (C=O) groups excluding carboxylic acids is 1. The summed E-state index contributed by atoms with van der Waals surface area (Å²) in [5.74, 6) is -0.270. The maximum atomic E-state index is 16.1. The summed E-state index contributed by atoms with van der Waals surface area (Å²) in [4.78, 5) is 17.4. The fraction of sp³-hybridized carbons (Fsp3) is 0.576. The van der Waals surface area contributed by atoms with Crippen molar-refractivity contribution in [1.29, 1.82) is 0 Å². The zero-order valence-electron chi connectivity index (χ0n) is 23.4. The first-order chi connectivity index (χ1) is 18.3. The van der Waals surface area contributed by atoms with E-state index in [2.05, 4.69) is 26.8 Å². The van der Waals surface area contributed by atoms with Crippen molar-refractivity contribution in [2.45, 2.75) is 91.4 Å². The van der Waals surface area contributed by atoms with Crippen LogP contribution in [0, 0.1) is 30.5 Å². The Morgan fingerprint density at radius 1 is 1.13 bits per heavy atom. The van der Waals surface area contributed by atoms with E-state index in [1.165, 1.54) is 31.3 Å². The molecule has 0 aliphatic heterocycles. The van der Waals surface area contributed by atoms with Crippen LogP contribution < -0.4 is 0 Å². The lowest BCUT2D eigenvalue weighted by molar-refractivity contribution is 0.0942. The van der Waals surface area contributed by atoms with Crippen molar-refractivity contribution in [1.82, 2.24) is 4.98 Å². The highest BCUT2D eigenvalue weighted by atomic mass is 19.1. The Kier molecular flexibility index (Phi) is 9.49. The van der Waals surface area contributed by atoms with Gasteiger partial charge < -0.3 is 0 Å². The zero-order chi connectivity index (χ0) is 27.4. The minimum atomic E-state index is -0.904. The molecule has 206 valence electrons. The van der Waals surface area contributed by atoms with Crippen molar-refractivity contribution in [3.63, 3.8) is 0 Å². The number of Topliss-reactive ketones (excluding diaryl/α,β-unsaturated/α-hetero) is 1. The summed E-state index contributed by atoms with van der Waals surface area (Å²) in [7, 11) is 0. The Balaban J connectivity index is 1.85. The van der Waals surface area contributed by atoms with E-state index in [4.69, 9.17) is 4.98 Å². The number of allylic oxidation sites excluding steroid dienone is 2. The molecule has 5 heteroatoms. The van der Waals surface area contributed by atoms with Crippen LogP contribution in [0.4, 0.5) is 13.2 Å². The predicted octanol–water partition coefficient (Wildman–Crippen LogP) is 9.24. The van der Waals surface area contributed by atoms with Gasteiger partial charge in [0.05, 0.1) is 19.0 Å². The summed E-state index contributed by atoms with van der Waals surface area (Å²) < 4.78 is 42.1. The average molecular weight is 526 g/mol. The first-order valence-corrected chi connectivity index (χ1v) is 14.5. The van der Waals surface area contributed by atoms with E-state index in [1.54, 1.807) is 12.3 Å². The Morgan fingerprint density at radius 2 is 1.84 bits per heavy atom. The number of nitrogens with zero attached hydrogens (tertiary/aromatic N) is 1. The molecule has 2 aliphatic rings. The van der Waals surface area contributed by atoms with Crippen LogP contribution in [0.5, 0.6) is 0 Å². The summed E-state index contributed by atoms with van der Waals surface area (Å²) in [6.45, 7) is 6.65. The number of alkyl halides is 2. The topological polar surface area (TPSA) is 30.0 Å². The molecule has 1 saturated carbocycles. The molecular weight excluding hydrogens is 483 g/mol. The van der Waals surface area contributed by atoms with E-state index in [-0.39, 0.29) is 23.9 Å². The fourth-order valence-corrected chi connectivity index (χ4v) is 6.82. The highest BCUT2D eigenvalue weighted by molar-refractivity contribution is 5.97. The van der Waals surface area contributed by atoms with Gasteiger partial charge in [-0.2, -0.15) is 0 Å². The number of aromatic nitrogens is 1. The zero-order valence-corrected chi connectivity index (χ0v) is 23.4. The normalized spacial score (nSPS) is 20.2. The molecule has 2 aliphatic carbocycles. The van der Waals surface area contributed by atoms with Gasteiger partial charge in [-0.3, -0.25) is 18.6 Å². The summed E-state index contributed by atoms with van der Waals surface area (Å²) in [5, 5.41) is 0. The number of benzene rings is 1. The number of pyridine rings is 1. The number of carbonyl (C=O) groups is 1. The Hall–Kier alpha value is -2.43. The molecule has 1 heterocycles. The molecular formula is C33H42F3NO. The third kappa shape index (κ3) is 5.62. The molecule has 38 heavy (non-hydrogen) atoms. The number of hydrogen-bond acceptors (Lipinski definition) is 2. The van der Waals surface area contributed by atoms with Gasteiger partial charge in [0.25, 0.3) is 0 Å². The van der Waals surface area contributed by atoms with Crippen LogP contribution in [0.25, 0.3) is 11.1 Å². The van der Waals surface area contributed by atoms with Gasteiger partial charge in [0.1, 0.15) is 5.82 Å². The van der Waals surface area contributed by atoms with E-state index < -0.39 is 19.3 Å². The van der Waals surface area contributed by atoms with Crippen LogP contribution in [-0.2, 0) is 6.42 Å². The van der Waals surface area contributed by atoms with E-state index in [0.29, 0.717) is 17.4 Å². The third-order valence-corrected chi connectivity index (χ3v) is 9.07. The monoisotopic (exact) mass is 525 g/mol. The summed E-state index contributed by atoms with van der Waals surface area (Å²) in [5.41, 5.74) is 7.24. The van der Waals surface area contributed by atoms with Gasteiger partial charge in [-0.05, 0) is 89.5 Å². The first-order valence-electron chi connectivity index (χ1n) is 14.5. The van der Waals surface area contributed by atoms with Crippen molar-refractivity contribution < 1.29 is 18.0 Å². The minimum absolute atomic E-state index is 0.0473. The Morgan fingerprint density at radius 3 is 2.42 bits per heavy atom. The van der Waals surface area contributed by atoms with Gasteiger partial charge in [-0.1, -0.05) is 58.9 Å². The Bertz CT molecular complexity index is 1160. The first kappa shape index (κ1) is 28.6. The fourth-order valence-electron chi connectivity index (χ4n) is 6.82. The molecule has 1 aromatic heterocycles. The smallest absolute Gasteiger partial charge is 0.164 e. The largest absolute Gasteiger partial charge is 0.294 e. The number of rotatable bonds is 10. The lowest BCUT2D eigenvalue weighted by atomic mass is 9.74. The van der Waals surface area contributed by atoms with Crippen molar-refractivity contribution >= 4 is 16.9 Å². The summed E-state index contributed by atoms with van der Waals surface area (Å²) >= 11 is 0. The molecule has 4 rings (SSSR count). The molecule has 2 unspecified atom stereocenters. The number of hydrogen-bond donors (Lipinski definition) is 0. The van der Waals surface area contributed by atoms with Crippen molar-refractivity contribution in [3.8, 4) is 0 Å². The second-order valence-electron chi connectivity index (χ2n) is 11.4. The molecule has 2 atom stereocenters. The van der Waals surface area contributed by atoms with Crippen LogP contribution in [-0.4, -0.2) is 24.1 Å². The molecule has 0 radical (unpaired) electrons. The van der Waals surface area contributed by atoms with Crippen molar-refractivity contribution in [3.05, 3.63) is 63.7 Å². The molecule has 2 aromatic rings. The molecule has 0 saturated heterocycles. The summed E-state index contributed by atoms with van der Waals surface area (Å²) in [6.07, 6.45) is 9.58. The second kappa shape index (κ2) is 12.6. The van der Waals surface area contributed by atoms with E-state index in [9.17, 15) is 13.6 Å². The maximum Gasteiger partial charge on any atom is 0.164 e. The molecule has 0 amide bonds. The highest BCUT2D eigenvalue weighted by Gasteiger charge is 2.37. The van der Waals surface area contributed by atoms with Gasteiger partial charge in [-0.15, -0.1) is 0 Å². The van der Waals surface area contributed by atoms with Crippen LogP contribution >= 0.6 is 0 Å². The molecule has 0 spiro atoms. The second-order valence-corrected chi connectivity index (χ2v) is 11.4. The lowest BCUT2D eigenvalue weighted by Crippen LogP contribution is -2.20. The van der Waals surface area contributed by atoms with E-state index >= 15 is 4.39 Å². The van der Waals surface area contributed by atoms with Crippen molar-refractivity contribution in [2.75, 3.05) is 13.3 Å². The van der Waals surface area contributed by atoms with Gasteiger partial charge in [0.15, 0.2) is 5.78 Å². The van der Waals surface area contributed by atoms with Crippen molar-refractivity contribution in [2.24, 2.45) is 17.8 Å². The van der Waals surface area contributed by atoms with Crippen LogP contribution in [0.1, 0.15) is 116 Å². The van der Waals surface area contributed by atoms with Crippen LogP contribution in [0.15, 0.2) is 24.4 Å². The minimum Gasteiger partial charge on any atom is -0.294 e. The maximum absolute atomic E-state index is 16.1. The predicted molar refractivity (Wildman–Crippen MR) is 149 cm³/mol. The number of ketones is 1. The lowest BCUT2D eigenvalue weighted by Gasteiger charge is -2.30.